The van der Waals surface area contributed by atoms with E-state index in [1.54, 1.807) is 13.2 Å². The SMILES string of the molecule is COc1cccc(N2CCN([C@H](c3ccccc3F)c3nnnn3C3CCCC3)CC2)c1. The minimum Gasteiger partial charge on any atom is -0.497 e. The van der Waals surface area contributed by atoms with Gasteiger partial charge in [-0.05, 0) is 41.5 Å². The van der Waals surface area contributed by atoms with Crippen molar-refractivity contribution in [2.24, 2.45) is 0 Å². The predicted octanol–water partition coefficient (Wildman–Crippen LogP) is 3.85. The minimum atomic E-state index is -0.306. The van der Waals surface area contributed by atoms with Gasteiger partial charge in [-0.25, -0.2) is 9.07 Å². The summed E-state index contributed by atoms with van der Waals surface area (Å²) in [6.07, 6.45) is 4.53. The Hall–Kier alpha value is -3.00. The highest BCUT2D eigenvalue weighted by molar-refractivity contribution is 5.51. The third-order valence-corrected chi connectivity index (χ3v) is 6.73. The first-order chi connectivity index (χ1) is 15.7. The number of hydrogen-bond donors (Lipinski definition) is 0. The first-order valence-corrected chi connectivity index (χ1v) is 11.4. The molecule has 2 aliphatic rings. The lowest BCUT2D eigenvalue weighted by atomic mass is 10.0. The number of aromatic nitrogens is 4. The molecule has 2 fully saturated rings. The molecule has 0 radical (unpaired) electrons. The van der Waals surface area contributed by atoms with Crippen molar-refractivity contribution in [2.45, 2.75) is 37.8 Å². The van der Waals surface area contributed by atoms with Gasteiger partial charge in [-0.3, -0.25) is 4.90 Å². The fourth-order valence-corrected chi connectivity index (χ4v) is 5.03. The topological polar surface area (TPSA) is 59.3 Å². The van der Waals surface area contributed by atoms with E-state index in [1.165, 1.54) is 18.9 Å². The van der Waals surface area contributed by atoms with E-state index in [-0.39, 0.29) is 11.9 Å². The van der Waals surface area contributed by atoms with E-state index in [9.17, 15) is 4.39 Å². The Bertz CT molecular complexity index is 1040. The summed E-state index contributed by atoms with van der Waals surface area (Å²) in [5, 5.41) is 12.8. The second-order valence-electron chi connectivity index (χ2n) is 8.57. The van der Waals surface area contributed by atoms with Crippen LogP contribution >= 0.6 is 0 Å². The average molecular weight is 437 g/mol. The van der Waals surface area contributed by atoms with Crippen LogP contribution in [0.15, 0.2) is 48.5 Å². The number of tetrazole rings is 1. The van der Waals surface area contributed by atoms with Gasteiger partial charge in [0.05, 0.1) is 13.2 Å². The molecule has 0 N–H and O–H groups in total. The summed E-state index contributed by atoms with van der Waals surface area (Å²) in [6, 6.07) is 15.1. The van der Waals surface area contributed by atoms with E-state index in [2.05, 4.69) is 37.5 Å². The number of nitrogens with zero attached hydrogens (tertiary/aromatic N) is 6. The molecule has 1 saturated heterocycles. The Labute approximate surface area is 187 Å². The molecule has 0 unspecified atom stereocenters. The molecule has 5 rings (SSSR count). The van der Waals surface area contributed by atoms with Crippen molar-refractivity contribution in [2.75, 3.05) is 38.2 Å². The summed E-state index contributed by atoms with van der Waals surface area (Å²) in [6.45, 7) is 3.24. The summed E-state index contributed by atoms with van der Waals surface area (Å²) < 4.78 is 22.3. The smallest absolute Gasteiger partial charge is 0.173 e. The highest BCUT2D eigenvalue weighted by Crippen LogP contribution is 2.35. The van der Waals surface area contributed by atoms with Crippen molar-refractivity contribution >= 4 is 5.69 Å². The summed E-state index contributed by atoms with van der Waals surface area (Å²) in [7, 11) is 1.69. The second kappa shape index (κ2) is 9.24. The van der Waals surface area contributed by atoms with Crippen LogP contribution in [0.5, 0.6) is 5.75 Å². The molecule has 1 aliphatic heterocycles. The van der Waals surface area contributed by atoms with E-state index < -0.39 is 0 Å². The van der Waals surface area contributed by atoms with Crippen LogP contribution in [-0.4, -0.2) is 58.4 Å². The highest BCUT2D eigenvalue weighted by atomic mass is 19.1. The molecule has 32 heavy (non-hydrogen) atoms. The molecule has 0 bridgehead atoms. The number of piperazine rings is 1. The molecule has 3 aromatic rings. The molecule has 1 atom stereocenters. The van der Waals surface area contributed by atoms with Gasteiger partial charge in [-0.1, -0.05) is 37.1 Å². The fourth-order valence-electron chi connectivity index (χ4n) is 5.03. The van der Waals surface area contributed by atoms with Crippen molar-refractivity contribution in [3.63, 3.8) is 0 Å². The average Bonchev–Trinajstić information content (AvgIpc) is 3.53. The van der Waals surface area contributed by atoms with Crippen molar-refractivity contribution in [3.05, 3.63) is 65.7 Å². The first kappa shape index (κ1) is 20.9. The van der Waals surface area contributed by atoms with Gasteiger partial charge in [0.25, 0.3) is 0 Å². The van der Waals surface area contributed by atoms with Crippen LogP contribution in [0.1, 0.15) is 49.2 Å². The third kappa shape index (κ3) is 4.07. The maximum absolute atomic E-state index is 15.0. The van der Waals surface area contributed by atoms with Crippen LogP contribution < -0.4 is 9.64 Å². The summed E-state index contributed by atoms with van der Waals surface area (Å²) in [5.74, 6) is 1.38. The molecule has 7 nitrogen and oxygen atoms in total. The third-order valence-electron chi connectivity index (χ3n) is 6.73. The summed E-state index contributed by atoms with van der Waals surface area (Å²) in [5.41, 5.74) is 1.78. The molecule has 0 amide bonds. The van der Waals surface area contributed by atoms with Crippen LogP contribution in [-0.2, 0) is 0 Å². The lowest BCUT2D eigenvalue weighted by Gasteiger charge is -2.40. The molecule has 1 saturated carbocycles. The van der Waals surface area contributed by atoms with Gasteiger partial charge in [0.1, 0.15) is 17.6 Å². The maximum atomic E-state index is 15.0. The van der Waals surface area contributed by atoms with Crippen LogP contribution in [0, 0.1) is 5.82 Å². The van der Waals surface area contributed by atoms with Crippen LogP contribution in [0.4, 0.5) is 10.1 Å². The number of anilines is 1. The number of methoxy groups -OCH3 is 1. The lowest BCUT2D eigenvalue weighted by Crippen LogP contribution is -2.48. The standard InChI is InChI=1S/C24H29FN6O/c1-32-20-10-6-9-19(17-20)29-13-15-30(16-14-29)23(21-11-4-5-12-22(21)25)24-26-27-28-31(24)18-7-2-3-8-18/h4-6,9-12,17-18,23H,2-3,7-8,13-16H2,1H3/t23-/m1/s1. The number of benzene rings is 2. The number of rotatable bonds is 6. The van der Waals surface area contributed by atoms with Gasteiger partial charge >= 0.3 is 0 Å². The van der Waals surface area contributed by atoms with Crippen molar-refractivity contribution in [3.8, 4) is 5.75 Å². The minimum absolute atomic E-state index is 0.214. The highest BCUT2D eigenvalue weighted by Gasteiger charge is 2.34. The van der Waals surface area contributed by atoms with E-state index in [1.807, 2.05) is 28.9 Å². The fraction of sp³-hybridized carbons (Fsp3) is 0.458. The molecular formula is C24H29FN6O. The van der Waals surface area contributed by atoms with E-state index in [0.717, 1.165) is 56.3 Å². The molecule has 0 spiro atoms. The largest absolute Gasteiger partial charge is 0.497 e. The zero-order valence-electron chi connectivity index (χ0n) is 18.4. The van der Waals surface area contributed by atoms with E-state index in [0.29, 0.717) is 11.6 Å². The normalized spacial score (nSPS) is 18.8. The Morgan fingerprint density at radius 2 is 1.78 bits per heavy atom. The Morgan fingerprint density at radius 1 is 1.00 bits per heavy atom. The van der Waals surface area contributed by atoms with E-state index in [4.69, 9.17) is 4.74 Å². The number of ether oxygens (including phenoxy) is 1. The lowest BCUT2D eigenvalue weighted by molar-refractivity contribution is 0.194. The Kier molecular flexibility index (Phi) is 6.03. The van der Waals surface area contributed by atoms with Gasteiger partial charge in [-0.15, -0.1) is 5.10 Å². The van der Waals surface area contributed by atoms with Gasteiger partial charge in [0.2, 0.25) is 0 Å². The van der Waals surface area contributed by atoms with Gasteiger partial charge in [-0.2, -0.15) is 0 Å². The van der Waals surface area contributed by atoms with Crippen molar-refractivity contribution in [1.82, 2.24) is 25.1 Å². The molecule has 1 aromatic heterocycles. The van der Waals surface area contributed by atoms with Gasteiger partial charge in [0, 0.05) is 43.5 Å². The van der Waals surface area contributed by atoms with Crippen molar-refractivity contribution < 1.29 is 9.13 Å². The summed E-state index contributed by atoms with van der Waals surface area (Å²) in [4.78, 5) is 4.66. The second-order valence-corrected chi connectivity index (χ2v) is 8.57. The predicted molar refractivity (Wildman–Crippen MR) is 120 cm³/mol. The molecule has 2 aromatic carbocycles. The maximum Gasteiger partial charge on any atom is 0.173 e. The zero-order chi connectivity index (χ0) is 21.9. The van der Waals surface area contributed by atoms with Crippen LogP contribution in [0.2, 0.25) is 0 Å². The first-order valence-electron chi connectivity index (χ1n) is 11.4. The van der Waals surface area contributed by atoms with Crippen LogP contribution in [0.3, 0.4) is 0 Å². The molecular weight excluding hydrogens is 407 g/mol. The molecule has 2 heterocycles. The number of hydrogen-bond acceptors (Lipinski definition) is 6. The van der Waals surface area contributed by atoms with Gasteiger partial charge < -0.3 is 9.64 Å². The summed E-state index contributed by atoms with van der Waals surface area (Å²) >= 11 is 0. The Morgan fingerprint density at radius 3 is 2.53 bits per heavy atom. The quantitative estimate of drug-likeness (QED) is 0.585. The molecule has 1 aliphatic carbocycles. The van der Waals surface area contributed by atoms with Crippen LogP contribution in [0.25, 0.3) is 0 Å². The number of halogens is 1. The zero-order valence-corrected chi connectivity index (χ0v) is 18.4. The Balaban J connectivity index is 1.43. The monoisotopic (exact) mass is 436 g/mol. The molecule has 8 heteroatoms. The molecule has 168 valence electrons. The van der Waals surface area contributed by atoms with Gasteiger partial charge in [0.15, 0.2) is 5.82 Å². The van der Waals surface area contributed by atoms with E-state index >= 15 is 0 Å². The van der Waals surface area contributed by atoms with Crippen molar-refractivity contribution in [1.29, 1.82) is 0 Å².